The molecule has 0 bridgehead atoms. The van der Waals surface area contributed by atoms with Gasteiger partial charge in [-0.25, -0.2) is 9.79 Å². The predicted molar refractivity (Wildman–Crippen MR) is 122 cm³/mol. The average molecular weight is 464 g/mol. The van der Waals surface area contributed by atoms with Crippen LogP contribution >= 0.6 is 11.3 Å². The van der Waals surface area contributed by atoms with Gasteiger partial charge in [0.05, 0.1) is 16.7 Å². The number of phenolic OH excluding ortho intramolecular Hbond substituents is 1. The first-order valence-corrected chi connectivity index (χ1v) is 11.2. The monoisotopic (exact) mass is 464 g/mol. The lowest BCUT2D eigenvalue weighted by Gasteiger charge is -2.22. The van der Waals surface area contributed by atoms with Crippen LogP contribution in [0.2, 0.25) is 0 Å². The van der Waals surface area contributed by atoms with E-state index in [1.807, 2.05) is 6.07 Å². The van der Waals surface area contributed by atoms with Crippen LogP contribution in [0.25, 0.3) is 11.8 Å². The Morgan fingerprint density at radius 1 is 1.27 bits per heavy atom. The molecule has 1 N–H and O–H groups in total. The molecular weight excluding hydrogens is 444 g/mol. The highest BCUT2D eigenvalue weighted by atomic mass is 32.1. The second kappa shape index (κ2) is 8.25. The maximum absolute atomic E-state index is 13.2. The Morgan fingerprint density at radius 2 is 2.06 bits per heavy atom. The summed E-state index contributed by atoms with van der Waals surface area (Å²) in [4.78, 5) is 31.4. The minimum atomic E-state index is -0.672. The molecule has 168 valence electrons. The van der Waals surface area contributed by atoms with Crippen LogP contribution in [0.1, 0.15) is 31.0 Å². The Labute approximate surface area is 192 Å². The third-order valence-electron chi connectivity index (χ3n) is 5.48. The predicted octanol–water partition coefficient (Wildman–Crippen LogP) is 2.34. The van der Waals surface area contributed by atoms with Crippen molar-refractivity contribution in [2.75, 3.05) is 13.4 Å². The SMILES string of the molecule is CCOC(=O)C1=C(C)n2c(s/c(=C\c3ccccc3O)c2=O)=N[C@H]1c1ccc2c(c1)OCO2. The van der Waals surface area contributed by atoms with Crippen LogP contribution in [0.15, 0.2) is 57.8 Å². The number of hydrogen-bond acceptors (Lipinski definition) is 8. The minimum Gasteiger partial charge on any atom is -0.507 e. The number of benzene rings is 2. The van der Waals surface area contributed by atoms with E-state index in [1.165, 1.54) is 15.9 Å². The molecule has 1 atom stereocenters. The number of para-hydroxylation sites is 1. The lowest BCUT2D eigenvalue weighted by molar-refractivity contribution is -0.138. The third kappa shape index (κ3) is 3.60. The van der Waals surface area contributed by atoms with Crippen LogP contribution in [0.4, 0.5) is 0 Å². The smallest absolute Gasteiger partial charge is 0.338 e. The van der Waals surface area contributed by atoms with Crippen molar-refractivity contribution in [1.29, 1.82) is 0 Å². The minimum absolute atomic E-state index is 0.0722. The first kappa shape index (κ1) is 21.0. The number of hydrogen-bond donors (Lipinski definition) is 1. The average Bonchev–Trinajstić information content (AvgIpc) is 3.39. The van der Waals surface area contributed by atoms with E-state index in [9.17, 15) is 14.7 Å². The molecule has 0 unspecified atom stereocenters. The van der Waals surface area contributed by atoms with Gasteiger partial charge in [0.1, 0.15) is 11.8 Å². The molecule has 2 aliphatic rings. The number of rotatable bonds is 4. The highest BCUT2D eigenvalue weighted by Gasteiger charge is 2.32. The normalized spacial score (nSPS) is 17.0. The number of fused-ring (bicyclic) bond motifs is 2. The van der Waals surface area contributed by atoms with E-state index in [0.717, 1.165) is 5.56 Å². The van der Waals surface area contributed by atoms with Crippen LogP contribution in [0.3, 0.4) is 0 Å². The van der Waals surface area contributed by atoms with Gasteiger partial charge in [-0.05, 0) is 43.7 Å². The molecule has 0 saturated heterocycles. The highest BCUT2D eigenvalue weighted by molar-refractivity contribution is 7.07. The van der Waals surface area contributed by atoms with Gasteiger partial charge in [-0.2, -0.15) is 0 Å². The Kier molecular flexibility index (Phi) is 5.26. The van der Waals surface area contributed by atoms with Gasteiger partial charge in [0.25, 0.3) is 5.56 Å². The standard InChI is InChI=1S/C24H20N2O6S/c1-3-30-23(29)20-13(2)26-22(28)19(11-14-6-4-5-7-16(14)27)33-24(26)25-21(20)15-8-9-17-18(10-15)32-12-31-17/h4-11,21,27H,3,12H2,1-2H3/b19-11-/t21-/m0/s1. The van der Waals surface area contributed by atoms with Gasteiger partial charge < -0.3 is 19.3 Å². The molecule has 3 aromatic rings. The Balaban J connectivity index is 1.72. The summed E-state index contributed by atoms with van der Waals surface area (Å²) in [5.74, 6) is 0.742. The Hall–Kier alpha value is -3.85. The zero-order valence-corrected chi connectivity index (χ0v) is 18.7. The molecule has 2 aromatic carbocycles. The van der Waals surface area contributed by atoms with Crippen LogP contribution in [-0.2, 0) is 9.53 Å². The van der Waals surface area contributed by atoms with Crippen molar-refractivity contribution in [1.82, 2.24) is 4.57 Å². The number of carbonyl (C=O) groups is 1. The summed E-state index contributed by atoms with van der Waals surface area (Å²) in [7, 11) is 0. The van der Waals surface area contributed by atoms with Crippen molar-refractivity contribution in [2.45, 2.75) is 19.9 Å². The van der Waals surface area contributed by atoms with Crippen LogP contribution in [-0.4, -0.2) is 29.0 Å². The number of thiazole rings is 1. The number of carbonyl (C=O) groups excluding carboxylic acids is 1. The third-order valence-corrected chi connectivity index (χ3v) is 6.46. The molecule has 0 radical (unpaired) electrons. The number of esters is 1. The summed E-state index contributed by atoms with van der Waals surface area (Å²) >= 11 is 1.20. The zero-order valence-electron chi connectivity index (χ0n) is 17.9. The first-order valence-electron chi connectivity index (χ1n) is 10.3. The Bertz CT molecular complexity index is 1480. The molecule has 1 aromatic heterocycles. The summed E-state index contributed by atoms with van der Waals surface area (Å²) in [6, 6.07) is 11.5. The first-order chi connectivity index (χ1) is 16.0. The van der Waals surface area contributed by atoms with Gasteiger partial charge in [-0.3, -0.25) is 9.36 Å². The van der Waals surface area contributed by atoms with E-state index >= 15 is 0 Å². The molecule has 0 amide bonds. The topological polar surface area (TPSA) is 99.4 Å². The summed E-state index contributed by atoms with van der Waals surface area (Å²) in [6.45, 7) is 3.77. The number of allylic oxidation sites excluding steroid dienone is 1. The molecule has 8 nitrogen and oxygen atoms in total. The van der Waals surface area contributed by atoms with E-state index < -0.39 is 12.0 Å². The van der Waals surface area contributed by atoms with Crippen LogP contribution < -0.4 is 24.4 Å². The Morgan fingerprint density at radius 3 is 2.85 bits per heavy atom. The summed E-state index contributed by atoms with van der Waals surface area (Å²) in [5.41, 5.74) is 1.68. The van der Waals surface area contributed by atoms with Gasteiger partial charge >= 0.3 is 5.97 Å². The van der Waals surface area contributed by atoms with Crippen molar-refractivity contribution in [3.63, 3.8) is 0 Å². The van der Waals surface area contributed by atoms with Crippen molar-refractivity contribution in [3.8, 4) is 17.2 Å². The lowest BCUT2D eigenvalue weighted by atomic mass is 9.96. The number of phenols is 1. The lowest BCUT2D eigenvalue weighted by Crippen LogP contribution is -2.35. The van der Waals surface area contributed by atoms with Gasteiger partial charge in [-0.1, -0.05) is 35.6 Å². The van der Waals surface area contributed by atoms with Crippen molar-refractivity contribution in [2.24, 2.45) is 4.99 Å². The second-order valence-electron chi connectivity index (χ2n) is 7.46. The highest BCUT2D eigenvalue weighted by Crippen LogP contribution is 2.38. The molecular formula is C24H20N2O6S. The fourth-order valence-electron chi connectivity index (χ4n) is 3.89. The molecule has 2 aliphatic heterocycles. The molecule has 9 heteroatoms. The fraction of sp³-hybridized carbons (Fsp3) is 0.208. The molecule has 3 heterocycles. The van der Waals surface area contributed by atoms with E-state index in [1.54, 1.807) is 56.3 Å². The van der Waals surface area contributed by atoms with Crippen LogP contribution in [0.5, 0.6) is 17.2 Å². The van der Waals surface area contributed by atoms with Crippen molar-refractivity contribution < 1.29 is 24.1 Å². The molecule has 5 rings (SSSR count). The second-order valence-corrected chi connectivity index (χ2v) is 8.47. The molecule has 0 saturated carbocycles. The van der Waals surface area contributed by atoms with E-state index in [-0.39, 0.29) is 30.3 Å². The number of aromatic nitrogens is 1. The van der Waals surface area contributed by atoms with Crippen molar-refractivity contribution in [3.05, 3.63) is 78.9 Å². The largest absolute Gasteiger partial charge is 0.507 e. The van der Waals surface area contributed by atoms with E-state index in [2.05, 4.69) is 0 Å². The summed E-state index contributed by atoms with van der Waals surface area (Å²) in [5, 5.41) is 10.1. The van der Waals surface area contributed by atoms with E-state index in [4.69, 9.17) is 19.2 Å². The maximum atomic E-state index is 13.2. The number of aromatic hydroxyl groups is 1. The maximum Gasteiger partial charge on any atom is 0.338 e. The summed E-state index contributed by atoms with van der Waals surface area (Å²) in [6.07, 6.45) is 1.62. The zero-order chi connectivity index (χ0) is 23.1. The van der Waals surface area contributed by atoms with Gasteiger partial charge in [0.15, 0.2) is 16.3 Å². The molecule has 0 fully saturated rings. The number of nitrogens with zero attached hydrogens (tertiary/aromatic N) is 2. The quantitative estimate of drug-likeness (QED) is 0.595. The van der Waals surface area contributed by atoms with Gasteiger partial charge in [0, 0.05) is 11.3 Å². The van der Waals surface area contributed by atoms with Gasteiger partial charge in [-0.15, -0.1) is 0 Å². The fourth-order valence-corrected chi connectivity index (χ4v) is 4.92. The molecule has 0 spiro atoms. The van der Waals surface area contributed by atoms with Gasteiger partial charge in [0.2, 0.25) is 6.79 Å². The van der Waals surface area contributed by atoms with E-state index in [0.29, 0.717) is 32.1 Å². The number of ether oxygens (including phenoxy) is 3. The summed E-state index contributed by atoms with van der Waals surface area (Å²) < 4.78 is 18.0. The molecule has 33 heavy (non-hydrogen) atoms. The molecule has 0 aliphatic carbocycles. The van der Waals surface area contributed by atoms with Crippen LogP contribution in [0, 0.1) is 0 Å². The van der Waals surface area contributed by atoms with Crippen molar-refractivity contribution >= 4 is 29.1 Å².